The van der Waals surface area contributed by atoms with Crippen LogP contribution in [0.4, 0.5) is 0 Å². The fourth-order valence-corrected chi connectivity index (χ4v) is 3.19. The van der Waals surface area contributed by atoms with Gasteiger partial charge in [-0.1, -0.05) is 13.8 Å². The summed E-state index contributed by atoms with van der Waals surface area (Å²) in [6.45, 7) is 11.5. The van der Waals surface area contributed by atoms with Crippen LogP contribution in [-0.4, -0.2) is 74.4 Å². The van der Waals surface area contributed by atoms with Gasteiger partial charge in [0.1, 0.15) is 0 Å². The Balaban J connectivity index is 1.56. The Hall–Kier alpha value is -0.160. The van der Waals surface area contributed by atoms with Gasteiger partial charge in [0.15, 0.2) is 0 Å². The lowest BCUT2D eigenvalue weighted by Crippen LogP contribution is -2.37. The van der Waals surface area contributed by atoms with E-state index in [1.54, 1.807) is 0 Å². The lowest BCUT2D eigenvalue weighted by Gasteiger charge is -2.24. The van der Waals surface area contributed by atoms with Gasteiger partial charge in [-0.25, -0.2) is 0 Å². The Morgan fingerprint density at radius 3 is 2.60 bits per heavy atom. The second kappa shape index (κ2) is 8.32. The largest absolute Gasteiger partial charge is 0.372 e. The molecule has 0 bridgehead atoms. The molecule has 0 aromatic rings. The Morgan fingerprint density at radius 1 is 1.20 bits per heavy atom. The van der Waals surface area contributed by atoms with Crippen LogP contribution in [0.15, 0.2) is 0 Å². The van der Waals surface area contributed by atoms with Crippen LogP contribution in [0.1, 0.15) is 39.5 Å². The number of hydrogen-bond acceptors (Lipinski definition) is 4. The lowest BCUT2D eigenvalue weighted by atomic mass is 10.2. The van der Waals surface area contributed by atoms with E-state index in [2.05, 4.69) is 36.0 Å². The van der Waals surface area contributed by atoms with E-state index in [-0.39, 0.29) is 0 Å². The van der Waals surface area contributed by atoms with E-state index in [0.717, 1.165) is 13.1 Å². The zero-order valence-electron chi connectivity index (χ0n) is 13.6. The quantitative estimate of drug-likeness (QED) is 0.732. The van der Waals surface area contributed by atoms with Crippen molar-refractivity contribution in [3.8, 4) is 0 Å². The average Bonchev–Trinajstić information content (AvgIpc) is 3.05. The van der Waals surface area contributed by atoms with Crippen molar-refractivity contribution in [2.45, 2.75) is 57.8 Å². The molecule has 2 heterocycles. The first kappa shape index (κ1) is 16.2. The molecule has 20 heavy (non-hydrogen) atoms. The molecule has 0 radical (unpaired) electrons. The Kier molecular flexibility index (Phi) is 6.75. The van der Waals surface area contributed by atoms with Crippen LogP contribution >= 0.6 is 0 Å². The second-order valence-electron chi connectivity index (χ2n) is 6.83. The van der Waals surface area contributed by atoms with Crippen molar-refractivity contribution in [1.29, 1.82) is 0 Å². The first-order valence-corrected chi connectivity index (χ1v) is 8.43. The van der Waals surface area contributed by atoms with Crippen molar-refractivity contribution >= 4 is 0 Å². The van der Waals surface area contributed by atoms with Crippen molar-refractivity contribution in [2.75, 3.05) is 46.3 Å². The van der Waals surface area contributed by atoms with Crippen molar-refractivity contribution in [3.05, 3.63) is 0 Å². The fourth-order valence-electron chi connectivity index (χ4n) is 3.19. The summed E-state index contributed by atoms with van der Waals surface area (Å²) in [6.07, 6.45) is 6.08. The molecular weight excluding hydrogens is 250 g/mol. The number of rotatable bonds is 8. The van der Waals surface area contributed by atoms with Gasteiger partial charge in [-0.15, -0.1) is 0 Å². The zero-order valence-corrected chi connectivity index (χ0v) is 13.6. The minimum atomic E-state index is 0.425. The Bertz CT molecular complexity index is 266. The Morgan fingerprint density at radius 2 is 1.90 bits per heavy atom. The summed E-state index contributed by atoms with van der Waals surface area (Å²) in [5, 5.41) is 3.48. The smallest absolute Gasteiger partial charge is 0.0707 e. The first-order valence-electron chi connectivity index (χ1n) is 8.43. The van der Waals surface area contributed by atoms with E-state index in [0.29, 0.717) is 18.2 Å². The third-order valence-corrected chi connectivity index (χ3v) is 4.46. The molecule has 118 valence electrons. The van der Waals surface area contributed by atoms with Gasteiger partial charge >= 0.3 is 0 Å². The third kappa shape index (κ3) is 5.68. The molecule has 0 amide bonds. The highest BCUT2D eigenvalue weighted by Gasteiger charge is 2.26. The highest BCUT2D eigenvalue weighted by atomic mass is 16.5. The first-order chi connectivity index (χ1) is 9.63. The number of nitrogens with one attached hydrogen (secondary N) is 1. The Labute approximate surface area is 124 Å². The summed E-state index contributed by atoms with van der Waals surface area (Å²) in [5.74, 6) is 0. The van der Waals surface area contributed by atoms with Crippen molar-refractivity contribution < 1.29 is 4.74 Å². The van der Waals surface area contributed by atoms with E-state index >= 15 is 0 Å². The third-order valence-electron chi connectivity index (χ3n) is 4.46. The minimum Gasteiger partial charge on any atom is -0.372 e. The highest BCUT2D eigenvalue weighted by Crippen LogP contribution is 2.20. The van der Waals surface area contributed by atoms with Crippen LogP contribution in [0.3, 0.4) is 0 Å². The van der Waals surface area contributed by atoms with E-state index in [1.165, 1.54) is 51.9 Å². The number of likely N-dealkylation sites (N-methyl/N-ethyl adjacent to an activating group) is 1. The number of hydrogen-bond donors (Lipinski definition) is 1. The van der Waals surface area contributed by atoms with E-state index in [9.17, 15) is 0 Å². The molecule has 2 aliphatic heterocycles. The maximum Gasteiger partial charge on any atom is 0.0707 e. The van der Waals surface area contributed by atoms with Crippen molar-refractivity contribution in [3.63, 3.8) is 0 Å². The van der Waals surface area contributed by atoms with Gasteiger partial charge in [0, 0.05) is 32.2 Å². The molecule has 2 rings (SSSR count). The summed E-state index contributed by atoms with van der Waals surface area (Å²) < 4.78 is 6.14. The van der Waals surface area contributed by atoms with Crippen molar-refractivity contribution in [1.82, 2.24) is 15.1 Å². The second-order valence-corrected chi connectivity index (χ2v) is 6.83. The number of likely N-dealkylation sites (tertiary alicyclic amines) is 1. The van der Waals surface area contributed by atoms with Gasteiger partial charge in [-0.2, -0.15) is 0 Å². The standard InChI is InChI=1S/C16H33N3O/c1-14(2)17-12-15-6-7-16(20-15)13-18(3)10-11-19-8-4-5-9-19/h14-17H,4-13H2,1-3H3. The number of ether oxygens (including phenoxy) is 1. The van der Waals surface area contributed by atoms with Crippen LogP contribution < -0.4 is 5.32 Å². The predicted octanol–water partition coefficient (Wildman–Crippen LogP) is 1.56. The van der Waals surface area contributed by atoms with Gasteiger partial charge in [-0.3, -0.25) is 0 Å². The van der Waals surface area contributed by atoms with Crippen LogP contribution in [0.25, 0.3) is 0 Å². The SMILES string of the molecule is CC(C)NCC1CCC(CN(C)CCN2CCCC2)O1. The molecule has 0 aromatic carbocycles. The molecule has 2 fully saturated rings. The van der Waals surface area contributed by atoms with Gasteiger partial charge < -0.3 is 19.9 Å². The van der Waals surface area contributed by atoms with E-state index in [4.69, 9.17) is 4.74 Å². The summed E-state index contributed by atoms with van der Waals surface area (Å²) in [6, 6.07) is 0.556. The van der Waals surface area contributed by atoms with E-state index < -0.39 is 0 Å². The highest BCUT2D eigenvalue weighted by molar-refractivity contribution is 4.78. The molecule has 1 N–H and O–H groups in total. The summed E-state index contributed by atoms with van der Waals surface area (Å²) in [4.78, 5) is 5.03. The van der Waals surface area contributed by atoms with Crippen LogP contribution in [-0.2, 0) is 4.74 Å². The molecule has 0 saturated carbocycles. The molecule has 2 unspecified atom stereocenters. The molecule has 4 nitrogen and oxygen atoms in total. The van der Waals surface area contributed by atoms with Crippen LogP contribution in [0.2, 0.25) is 0 Å². The van der Waals surface area contributed by atoms with Gasteiger partial charge in [0.05, 0.1) is 12.2 Å². The number of nitrogens with zero attached hydrogens (tertiary/aromatic N) is 2. The van der Waals surface area contributed by atoms with Gasteiger partial charge in [-0.05, 0) is 45.8 Å². The van der Waals surface area contributed by atoms with Crippen LogP contribution in [0.5, 0.6) is 0 Å². The lowest BCUT2D eigenvalue weighted by molar-refractivity contribution is 0.0261. The maximum atomic E-state index is 6.14. The molecule has 0 aromatic heterocycles. The molecule has 2 aliphatic rings. The summed E-state index contributed by atoms with van der Waals surface area (Å²) in [7, 11) is 2.24. The summed E-state index contributed by atoms with van der Waals surface area (Å²) >= 11 is 0. The fraction of sp³-hybridized carbons (Fsp3) is 1.00. The topological polar surface area (TPSA) is 27.7 Å². The molecular formula is C16H33N3O. The normalized spacial score (nSPS) is 28.1. The maximum absolute atomic E-state index is 6.14. The predicted molar refractivity (Wildman–Crippen MR) is 84.2 cm³/mol. The molecule has 0 spiro atoms. The van der Waals surface area contributed by atoms with E-state index in [1.807, 2.05) is 0 Å². The molecule has 2 atom stereocenters. The summed E-state index contributed by atoms with van der Waals surface area (Å²) in [5.41, 5.74) is 0. The zero-order chi connectivity index (χ0) is 14.4. The molecule has 0 aliphatic carbocycles. The average molecular weight is 283 g/mol. The molecule has 4 heteroatoms. The van der Waals surface area contributed by atoms with Gasteiger partial charge in [0.25, 0.3) is 0 Å². The monoisotopic (exact) mass is 283 g/mol. The van der Waals surface area contributed by atoms with Crippen LogP contribution in [0, 0.1) is 0 Å². The minimum absolute atomic E-state index is 0.425. The molecule has 2 saturated heterocycles. The van der Waals surface area contributed by atoms with Crippen molar-refractivity contribution in [2.24, 2.45) is 0 Å². The van der Waals surface area contributed by atoms with Gasteiger partial charge in [0.2, 0.25) is 0 Å².